The number of ether oxygens (including phenoxy) is 2. The topological polar surface area (TPSA) is 18.5 Å². The molecule has 1 aromatic rings. The number of fused-ring (bicyclic) bond motifs is 1. The van der Waals surface area contributed by atoms with Gasteiger partial charge in [-0.3, -0.25) is 0 Å². The highest BCUT2D eigenvalue weighted by Gasteiger charge is 2.15. The maximum Gasteiger partial charge on any atom is 0.261 e. The lowest BCUT2D eigenvalue weighted by molar-refractivity contribution is 0.0165. The van der Waals surface area contributed by atoms with Crippen LogP contribution in [0.3, 0.4) is 0 Å². The minimum atomic E-state index is -2.42. The van der Waals surface area contributed by atoms with Crippen molar-refractivity contribution in [3.8, 4) is 0 Å². The lowest BCUT2D eigenvalue weighted by Gasteiger charge is -2.11. The Balaban J connectivity index is 1.83. The van der Waals surface area contributed by atoms with E-state index in [4.69, 9.17) is 21.1 Å². The second kappa shape index (κ2) is 6.45. The van der Waals surface area contributed by atoms with Crippen LogP contribution < -0.4 is 0 Å². The number of hydrogen-bond donors (Lipinski definition) is 0. The monoisotopic (exact) mass is 276 g/mol. The van der Waals surface area contributed by atoms with Crippen LogP contribution in [0.15, 0.2) is 18.2 Å². The molecular formula is C13H15ClF2O2. The molecule has 0 spiro atoms. The van der Waals surface area contributed by atoms with Crippen molar-refractivity contribution in [1.29, 1.82) is 0 Å². The lowest BCUT2D eigenvalue weighted by atomic mass is 10.0. The van der Waals surface area contributed by atoms with Gasteiger partial charge in [0.1, 0.15) is 6.61 Å². The first kappa shape index (κ1) is 13.7. The van der Waals surface area contributed by atoms with Gasteiger partial charge in [0.15, 0.2) is 0 Å². The summed E-state index contributed by atoms with van der Waals surface area (Å²) in [5.41, 5.74) is 3.34. The predicted octanol–water partition coefficient (Wildman–Crippen LogP) is 3.67. The summed E-state index contributed by atoms with van der Waals surface area (Å²) < 4.78 is 33.9. The molecule has 2 rings (SSSR count). The normalized spacial score (nSPS) is 16.0. The molecule has 1 aliphatic heterocycles. The number of halogens is 3. The molecule has 100 valence electrons. The zero-order valence-electron chi connectivity index (χ0n) is 9.87. The van der Waals surface area contributed by atoms with Crippen LogP contribution in [0.5, 0.6) is 0 Å². The molecule has 0 bridgehead atoms. The van der Waals surface area contributed by atoms with Gasteiger partial charge >= 0.3 is 0 Å². The van der Waals surface area contributed by atoms with Gasteiger partial charge in [-0.2, -0.15) is 0 Å². The van der Waals surface area contributed by atoms with Crippen LogP contribution in [0, 0.1) is 0 Å². The molecular weight excluding hydrogens is 262 g/mol. The fraction of sp³-hybridized carbons (Fsp3) is 0.538. The molecule has 18 heavy (non-hydrogen) atoms. The molecule has 0 radical (unpaired) electrons. The summed E-state index contributed by atoms with van der Waals surface area (Å²) in [6, 6.07) is 5.98. The quantitative estimate of drug-likeness (QED) is 0.583. The minimum absolute atomic E-state index is 0.214. The molecule has 0 N–H and O–H groups in total. The van der Waals surface area contributed by atoms with E-state index in [1.807, 2.05) is 18.2 Å². The summed E-state index contributed by atoms with van der Waals surface area (Å²) in [7, 11) is 0. The Bertz CT molecular complexity index is 399. The number of alkyl halides is 3. The molecule has 2 nitrogen and oxygen atoms in total. The Kier molecular flexibility index (Phi) is 4.92. The lowest BCUT2D eigenvalue weighted by Crippen LogP contribution is -2.07. The summed E-state index contributed by atoms with van der Waals surface area (Å²) in [4.78, 5) is 0. The average molecular weight is 277 g/mol. The maximum atomic E-state index is 11.9. The molecule has 1 atom stereocenters. The number of rotatable bonds is 6. The van der Waals surface area contributed by atoms with Crippen molar-refractivity contribution >= 4 is 11.6 Å². The van der Waals surface area contributed by atoms with E-state index in [9.17, 15) is 8.78 Å². The van der Waals surface area contributed by atoms with Gasteiger partial charge in [-0.1, -0.05) is 18.2 Å². The van der Waals surface area contributed by atoms with Crippen molar-refractivity contribution in [2.24, 2.45) is 0 Å². The fourth-order valence-electron chi connectivity index (χ4n) is 1.91. The van der Waals surface area contributed by atoms with E-state index < -0.39 is 13.0 Å². The van der Waals surface area contributed by atoms with Crippen molar-refractivity contribution in [2.45, 2.75) is 31.4 Å². The highest BCUT2D eigenvalue weighted by molar-refractivity contribution is 6.20. The third kappa shape index (κ3) is 3.64. The molecule has 1 aromatic carbocycles. The van der Waals surface area contributed by atoms with E-state index in [0.717, 1.165) is 11.1 Å². The predicted molar refractivity (Wildman–Crippen MR) is 65.0 cm³/mol. The Morgan fingerprint density at radius 3 is 2.83 bits per heavy atom. The summed E-state index contributed by atoms with van der Waals surface area (Å²) >= 11 is 6.21. The van der Waals surface area contributed by atoms with Crippen molar-refractivity contribution in [3.63, 3.8) is 0 Å². The zero-order valence-corrected chi connectivity index (χ0v) is 10.6. The van der Waals surface area contributed by atoms with E-state index in [1.54, 1.807) is 0 Å². The molecule has 0 saturated heterocycles. The Morgan fingerprint density at radius 1 is 1.28 bits per heavy atom. The highest BCUT2D eigenvalue weighted by Crippen LogP contribution is 2.29. The van der Waals surface area contributed by atoms with E-state index in [0.29, 0.717) is 19.6 Å². The van der Waals surface area contributed by atoms with Crippen LogP contribution in [0.1, 0.15) is 28.5 Å². The van der Waals surface area contributed by atoms with Crippen LogP contribution in [-0.2, 0) is 22.7 Å². The van der Waals surface area contributed by atoms with Crippen LogP contribution >= 0.6 is 11.6 Å². The average Bonchev–Trinajstić information content (AvgIpc) is 2.81. The molecule has 1 heterocycles. The maximum absolute atomic E-state index is 11.9. The van der Waals surface area contributed by atoms with Gasteiger partial charge in [0, 0.05) is 6.61 Å². The third-order valence-corrected chi connectivity index (χ3v) is 3.34. The molecule has 0 fully saturated rings. The fourth-order valence-corrected chi connectivity index (χ4v) is 2.14. The van der Waals surface area contributed by atoms with E-state index >= 15 is 0 Å². The SMILES string of the molecule is FC(F)COCCC(Cl)c1ccc2c(c1)COC2. The summed E-state index contributed by atoms with van der Waals surface area (Å²) in [6.07, 6.45) is -1.90. The molecule has 1 aliphatic rings. The van der Waals surface area contributed by atoms with Gasteiger partial charge in [-0.05, 0) is 23.1 Å². The summed E-state index contributed by atoms with van der Waals surface area (Å²) in [5, 5.41) is -0.214. The Morgan fingerprint density at radius 2 is 2.06 bits per heavy atom. The second-order valence-electron chi connectivity index (χ2n) is 4.24. The van der Waals surface area contributed by atoms with Crippen LogP contribution in [-0.4, -0.2) is 19.6 Å². The van der Waals surface area contributed by atoms with E-state index in [1.165, 1.54) is 5.56 Å². The van der Waals surface area contributed by atoms with Gasteiger partial charge in [0.25, 0.3) is 6.43 Å². The zero-order chi connectivity index (χ0) is 13.0. The van der Waals surface area contributed by atoms with Crippen molar-refractivity contribution in [1.82, 2.24) is 0 Å². The molecule has 1 unspecified atom stereocenters. The van der Waals surface area contributed by atoms with E-state index in [-0.39, 0.29) is 12.0 Å². The van der Waals surface area contributed by atoms with Crippen molar-refractivity contribution in [2.75, 3.05) is 13.2 Å². The van der Waals surface area contributed by atoms with Gasteiger partial charge in [-0.25, -0.2) is 8.78 Å². The van der Waals surface area contributed by atoms with Crippen LogP contribution in [0.25, 0.3) is 0 Å². The standard InChI is InChI=1S/C13H15ClF2O2/c14-12(3-4-17-8-13(15)16)9-1-2-10-6-18-7-11(10)5-9/h1-2,5,12-13H,3-4,6-8H2. The van der Waals surface area contributed by atoms with Crippen molar-refractivity contribution < 1.29 is 18.3 Å². The summed E-state index contributed by atoms with van der Waals surface area (Å²) in [6.45, 7) is 0.989. The number of hydrogen-bond acceptors (Lipinski definition) is 2. The van der Waals surface area contributed by atoms with Crippen LogP contribution in [0.2, 0.25) is 0 Å². The highest BCUT2D eigenvalue weighted by atomic mass is 35.5. The van der Waals surface area contributed by atoms with Crippen LogP contribution in [0.4, 0.5) is 8.78 Å². The first-order chi connectivity index (χ1) is 8.66. The smallest absolute Gasteiger partial charge is 0.261 e. The Hall–Kier alpha value is -0.710. The third-order valence-electron chi connectivity index (χ3n) is 2.87. The van der Waals surface area contributed by atoms with Gasteiger partial charge in [-0.15, -0.1) is 11.6 Å². The van der Waals surface area contributed by atoms with E-state index in [2.05, 4.69) is 0 Å². The molecule has 0 amide bonds. The Labute approximate surface area is 110 Å². The molecule has 0 aromatic heterocycles. The number of benzene rings is 1. The largest absolute Gasteiger partial charge is 0.375 e. The minimum Gasteiger partial charge on any atom is -0.375 e. The molecule has 0 saturated carbocycles. The molecule has 0 aliphatic carbocycles. The van der Waals surface area contributed by atoms with Gasteiger partial charge < -0.3 is 9.47 Å². The van der Waals surface area contributed by atoms with Crippen molar-refractivity contribution in [3.05, 3.63) is 34.9 Å². The van der Waals surface area contributed by atoms with Gasteiger partial charge in [0.2, 0.25) is 0 Å². The first-order valence-electron chi connectivity index (χ1n) is 5.86. The second-order valence-corrected chi connectivity index (χ2v) is 4.77. The first-order valence-corrected chi connectivity index (χ1v) is 6.30. The van der Waals surface area contributed by atoms with Gasteiger partial charge in [0.05, 0.1) is 18.6 Å². The molecule has 5 heteroatoms. The summed E-state index contributed by atoms with van der Waals surface area (Å²) in [5.74, 6) is 0.